The van der Waals surface area contributed by atoms with Crippen molar-refractivity contribution in [1.82, 2.24) is 14.8 Å². The van der Waals surface area contributed by atoms with Crippen LogP contribution in [0, 0.1) is 0 Å². The molecule has 33 heavy (non-hydrogen) atoms. The molecular formula is C25H29N3O5. The van der Waals surface area contributed by atoms with Gasteiger partial charge in [-0.15, -0.1) is 0 Å². The third-order valence-electron chi connectivity index (χ3n) is 5.87. The highest BCUT2D eigenvalue weighted by molar-refractivity contribution is 6.46. The SMILES string of the molecule is CCCOc1ccc(/C(O)=C2\C(=O)C(=O)N(CCN3CCOCC3)C2c2ccccn2)cc1. The van der Waals surface area contributed by atoms with Crippen LogP contribution in [0.1, 0.15) is 30.6 Å². The summed E-state index contributed by atoms with van der Waals surface area (Å²) in [6, 6.07) is 11.5. The second-order valence-electron chi connectivity index (χ2n) is 8.07. The first-order valence-electron chi connectivity index (χ1n) is 11.3. The van der Waals surface area contributed by atoms with Crippen LogP contribution in [0.5, 0.6) is 5.75 Å². The van der Waals surface area contributed by atoms with Crippen LogP contribution in [0.3, 0.4) is 0 Å². The molecule has 2 aliphatic rings. The lowest BCUT2D eigenvalue weighted by Gasteiger charge is -2.30. The molecule has 2 aliphatic heterocycles. The predicted octanol–water partition coefficient (Wildman–Crippen LogP) is 2.62. The number of hydrogen-bond acceptors (Lipinski definition) is 7. The monoisotopic (exact) mass is 451 g/mol. The quantitative estimate of drug-likeness (QED) is 0.375. The molecule has 2 saturated heterocycles. The summed E-state index contributed by atoms with van der Waals surface area (Å²) >= 11 is 0. The van der Waals surface area contributed by atoms with Gasteiger partial charge in [0, 0.05) is 37.9 Å². The van der Waals surface area contributed by atoms with E-state index in [1.807, 2.05) is 13.0 Å². The summed E-state index contributed by atoms with van der Waals surface area (Å²) < 4.78 is 11.0. The Morgan fingerprint density at radius 3 is 2.55 bits per heavy atom. The van der Waals surface area contributed by atoms with Gasteiger partial charge >= 0.3 is 0 Å². The Bertz CT molecular complexity index is 1000. The van der Waals surface area contributed by atoms with E-state index < -0.39 is 17.7 Å². The molecule has 0 radical (unpaired) electrons. The fourth-order valence-corrected chi connectivity index (χ4v) is 4.11. The Balaban J connectivity index is 1.66. The zero-order valence-electron chi connectivity index (χ0n) is 18.8. The minimum Gasteiger partial charge on any atom is -0.507 e. The lowest BCUT2D eigenvalue weighted by Crippen LogP contribution is -2.42. The normalized spacial score (nSPS) is 20.9. The smallest absolute Gasteiger partial charge is 0.295 e. The van der Waals surface area contributed by atoms with Crippen molar-refractivity contribution >= 4 is 17.4 Å². The summed E-state index contributed by atoms with van der Waals surface area (Å²) in [5.41, 5.74) is 1.05. The number of ketones is 1. The molecule has 8 nitrogen and oxygen atoms in total. The third-order valence-corrected chi connectivity index (χ3v) is 5.87. The molecule has 1 aromatic heterocycles. The molecule has 2 fully saturated rings. The number of ether oxygens (including phenoxy) is 2. The molecular weight excluding hydrogens is 422 g/mol. The number of benzene rings is 1. The summed E-state index contributed by atoms with van der Waals surface area (Å²) in [4.78, 5) is 34.2. The fraction of sp³-hybridized carbons (Fsp3) is 0.400. The lowest BCUT2D eigenvalue weighted by molar-refractivity contribution is -0.140. The van der Waals surface area contributed by atoms with E-state index in [9.17, 15) is 14.7 Å². The zero-order chi connectivity index (χ0) is 23.2. The van der Waals surface area contributed by atoms with Crippen molar-refractivity contribution in [3.05, 3.63) is 65.5 Å². The molecule has 2 aromatic rings. The van der Waals surface area contributed by atoms with E-state index in [4.69, 9.17) is 9.47 Å². The molecule has 3 heterocycles. The molecule has 4 rings (SSSR count). The van der Waals surface area contributed by atoms with Crippen LogP contribution < -0.4 is 4.74 Å². The van der Waals surface area contributed by atoms with Gasteiger partial charge in [0.1, 0.15) is 17.6 Å². The largest absolute Gasteiger partial charge is 0.507 e. The maximum absolute atomic E-state index is 13.1. The Kier molecular flexibility index (Phi) is 7.36. The first-order chi connectivity index (χ1) is 16.1. The van der Waals surface area contributed by atoms with Crippen molar-refractivity contribution in [3.8, 4) is 5.75 Å². The van der Waals surface area contributed by atoms with E-state index in [0.29, 0.717) is 49.9 Å². The van der Waals surface area contributed by atoms with Crippen LogP contribution in [0.4, 0.5) is 0 Å². The second-order valence-corrected chi connectivity index (χ2v) is 8.07. The number of amides is 1. The Morgan fingerprint density at radius 2 is 1.88 bits per heavy atom. The Labute approximate surface area is 193 Å². The number of aliphatic hydroxyl groups is 1. The van der Waals surface area contributed by atoms with Gasteiger partial charge in [-0.1, -0.05) is 13.0 Å². The molecule has 1 atom stereocenters. The van der Waals surface area contributed by atoms with Gasteiger partial charge in [0.25, 0.3) is 11.7 Å². The number of aliphatic hydroxyl groups excluding tert-OH is 1. The molecule has 1 amide bonds. The number of morpholine rings is 1. The summed E-state index contributed by atoms with van der Waals surface area (Å²) in [6.07, 6.45) is 2.51. The van der Waals surface area contributed by atoms with Gasteiger partial charge in [-0.2, -0.15) is 0 Å². The van der Waals surface area contributed by atoms with Crippen LogP contribution in [-0.4, -0.2) is 77.6 Å². The maximum Gasteiger partial charge on any atom is 0.295 e. The predicted molar refractivity (Wildman–Crippen MR) is 123 cm³/mol. The fourth-order valence-electron chi connectivity index (χ4n) is 4.11. The molecule has 1 unspecified atom stereocenters. The van der Waals surface area contributed by atoms with Gasteiger partial charge in [-0.05, 0) is 42.8 Å². The summed E-state index contributed by atoms with van der Waals surface area (Å²) in [7, 11) is 0. The van der Waals surface area contributed by atoms with Gasteiger partial charge in [0.15, 0.2) is 0 Å². The van der Waals surface area contributed by atoms with Gasteiger partial charge in [-0.25, -0.2) is 0 Å². The molecule has 0 saturated carbocycles. The highest BCUT2D eigenvalue weighted by Crippen LogP contribution is 2.38. The minimum atomic E-state index is -0.747. The molecule has 0 spiro atoms. The van der Waals surface area contributed by atoms with Crippen LogP contribution in [0.2, 0.25) is 0 Å². The average Bonchev–Trinajstić information content (AvgIpc) is 3.12. The minimum absolute atomic E-state index is 0.0582. The molecule has 174 valence electrons. The number of likely N-dealkylation sites (tertiary alicyclic amines) is 1. The topological polar surface area (TPSA) is 92.2 Å². The number of aromatic nitrogens is 1. The number of pyridine rings is 1. The van der Waals surface area contributed by atoms with Crippen LogP contribution in [-0.2, 0) is 14.3 Å². The molecule has 0 bridgehead atoms. The molecule has 8 heteroatoms. The number of carbonyl (C=O) groups excluding carboxylic acids is 2. The van der Waals surface area contributed by atoms with Crippen LogP contribution in [0.25, 0.3) is 5.76 Å². The van der Waals surface area contributed by atoms with E-state index in [2.05, 4.69) is 9.88 Å². The number of nitrogens with zero attached hydrogens (tertiary/aromatic N) is 3. The first-order valence-corrected chi connectivity index (χ1v) is 11.3. The number of hydrogen-bond donors (Lipinski definition) is 1. The average molecular weight is 452 g/mol. The highest BCUT2D eigenvalue weighted by Gasteiger charge is 2.46. The van der Waals surface area contributed by atoms with Gasteiger partial charge < -0.3 is 19.5 Å². The summed E-state index contributed by atoms with van der Waals surface area (Å²) in [5, 5.41) is 11.1. The Morgan fingerprint density at radius 1 is 1.12 bits per heavy atom. The van der Waals surface area contributed by atoms with Crippen molar-refractivity contribution < 1.29 is 24.2 Å². The third kappa shape index (κ3) is 5.07. The molecule has 0 aliphatic carbocycles. The van der Waals surface area contributed by atoms with E-state index in [0.717, 1.165) is 19.5 Å². The van der Waals surface area contributed by atoms with Crippen molar-refractivity contribution in [1.29, 1.82) is 0 Å². The Hall–Kier alpha value is -3.23. The van der Waals surface area contributed by atoms with Crippen LogP contribution >= 0.6 is 0 Å². The van der Waals surface area contributed by atoms with Crippen molar-refractivity contribution in [2.24, 2.45) is 0 Å². The van der Waals surface area contributed by atoms with Gasteiger partial charge in [0.2, 0.25) is 0 Å². The summed E-state index contributed by atoms with van der Waals surface area (Å²) in [5.74, 6) is -0.847. The van der Waals surface area contributed by atoms with E-state index in [-0.39, 0.29) is 11.3 Å². The number of rotatable bonds is 8. The molecule has 1 N–H and O–H groups in total. The second kappa shape index (κ2) is 10.6. The number of Topliss-reactive ketones (excluding diaryl/α,β-unsaturated/α-hetero) is 1. The van der Waals surface area contributed by atoms with Crippen molar-refractivity contribution in [3.63, 3.8) is 0 Å². The van der Waals surface area contributed by atoms with Crippen LogP contribution in [0.15, 0.2) is 54.2 Å². The maximum atomic E-state index is 13.1. The standard InChI is InChI=1S/C25H29N3O5/c1-2-15-33-19-8-6-18(7-9-19)23(29)21-22(20-5-3-4-10-26-20)28(25(31)24(21)30)12-11-27-13-16-32-17-14-27/h3-10,22,29H,2,11-17H2,1H3/b23-21+. The van der Waals surface area contributed by atoms with Gasteiger partial charge in [0.05, 0.1) is 31.1 Å². The zero-order valence-corrected chi connectivity index (χ0v) is 18.8. The van der Waals surface area contributed by atoms with E-state index in [1.54, 1.807) is 42.6 Å². The molecule has 1 aromatic carbocycles. The lowest BCUT2D eigenvalue weighted by atomic mass is 9.98. The van der Waals surface area contributed by atoms with Crippen molar-refractivity contribution in [2.45, 2.75) is 19.4 Å². The van der Waals surface area contributed by atoms with E-state index in [1.165, 1.54) is 4.90 Å². The van der Waals surface area contributed by atoms with Crippen molar-refractivity contribution in [2.75, 3.05) is 46.0 Å². The summed E-state index contributed by atoms with van der Waals surface area (Å²) in [6.45, 7) is 6.46. The van der Waals surface area contributed by atoms with E-state index >= 15 is 0 Å². The first kappa shape index (κ1) is 22.9. The highest BCUT2D eigenvalue weighted by atomic mass is 16.5. The van der Waals surface area contributed by atoms with Gasteiger partial charge in [-0.3, -0.25) is 19.5 Å². The number of carbonyl (C=O) groups is 2.